The highest BCUT2D eigenvalue weighted by atomic mass is 35.5. The summed E-state index contributed by atoms with van der Waals surface area (Å²) >= 11 is 5.88. The Morgan fingerprint density at radius 1 is 1.68 bits per heavy atom. The van der Waals surface area contributed by atoms with E-state index in [2.05, 4.69) is 10.3 Å². The summed E-state index contributed by atoms with van der Waals surface area (Å²) in [6, 6.07) is 0.675. The largest absolute Gasteiger partial charge is 0.357 e. The van der Waals surface area contributed by atoms with Gasteiger partial charge in [0.1, 0.15) is 18.1 Å². The highest BCUT2D eigenvalue weighted by molar-refractivity contribution is 6.33. The molecule has 1 aromatic heterocycles. The predicted molar refractivity (Wildman–Crippen MR) is 72.3 cm³/mol. The number of amides is 1. The van der Waals surface area contributed by atoms with Gasteiger partial charge in [0, 0.05) is 19.7 Å². The lowest BCUT2D eigenvalue weighted by Crippen LogP contribution is -2.39. The molecule has 0 bridgehead atoms. The fraction of sp³-hybridized carbons (Fsp3) is 0.455. The van der Waals surface area contributed by atoms with E-state index in [1.54, 1.807) is 18.9 Å². The summed E-state index contributed by atoms with van der Waals surface area (Å²) < 4.78 is 0. The zero-order valence-corrected chi connectivity index (χ0v) is 11.6. The third kappa shape index (κ3) is 3.78. The molecular weight excluding hydrogens is 272 g/mol. The van der Waals surface area contributed by atoms with Gasteiger partial charge in [0.05, 0.1) is 9.95 Å². The molecule has 0 saturated heterocycles. The van der Waals surface area contributed by atoms with Crippen LogP contribution in [-0.2, 0) is 4.79 Å². The van der Waals surface area contributed by atoms with Gasteiger partial charge in [-0.3, -0.25) is 14.9 Å². The summed E-state index contributed by atoms with van der Waals surface area (Å²) in [7, 11) is 1.69. The van der Waals surface area contributed by atoms with Crippen LogP contribution in [0.2, 0.25) is 5.02 Å². The second-order valence-corrected chi connectivity index (χ2v) is 4.41. The highest BCUT2D eigenvalue weighted by Gasteiger charge is 2.18. The summed E-state index contributed by atoms with van der Waals surface area (Å²) in [4.78, 5) is 27.2. The van der Waals surface area contributed by atoms with Gasteiger partial charge in [0.25, 0.3) is 5.69 Å². The van der Waals surface area contributed by atoms with Crippen molar-refractivity contribution in [3.05, 3.63) is 27.4 Å². The number of carbonyl (C=O) groups is 1. The average molecular weight is 287 g/mol. The number of rotatable bonds is 5. The van der Waals surface area contributed by atoms with E-state index in [9.17, 15) is 14.9 Å². The molecule has 1 aromatic rings. The van der Waals surface area contributed by atoms with Crippen LogP contribution in [-0.4, -0.2) is 40.3 Å². The first-order chi connectivity index (χ1) is 8.86. The van der Waals surface area contributed by atoms with Gasteiger partial charge in [-0.05, 0) is 13.8 Å². The number of nitrogens with one attached hydrogen (secondary N) is 1. The molecule has 0 fully saturated rings. The van der Waals surface area contributed by atoms with Gasteiger partial charge in [-0.1, -0.05) is 11.6 Å². The molecule has 1 atom stereocenters. The van der Waals surface area contributed by atoms with Crippen molar-refractivity contribution >= 4 is 29.0 Å². The third-order valence-electron chi connectivity index (χ3n) is 2.61. The number of pyridine rings is 1. The van der Waals surface area contributed by atoms with Crippen LogP contribution in [0.3, 0.4) is 0 Å². The Hall–Kier alpha value is -1.89. The molecule has 104 valence electrons. The first kappa shape index (κ1) is 15.2. The van der Waals surface area contributed by atoms with Crippen LogP contribution in [0, 0.1) is 10.1 Å². The Morgan fingerprint density at radius 2 is 2.32 bits per heavy atom. The van der Waals surface area contributed by atoms with E-state index < -0.39 is 11.0 Å². The van der Waals surface area contributed by atoms with E-state index >= 15 is 0 Å². The van der Waals surface area contributed by atoms with Crippen molar-refractivity contribution in [2.45, 2.75) is 19.9 Å². The minimum atomic E-state index is -0.581. The van der Waals surface area contributed by atoms with Crippen molar-refractivity contribution in [1.82, 2.24) is 9.88 Å². The Morgan fingerprint density at radius 3 is 2.79 bits per heavy atom. The van der Waals surface area contributed by atoms with Crippen LogP contribution < -0.4 is 5.32 Å². The molecule has 0 radical (unpaired) electrons. The van der Waals surface area contributed by atoms with Crippen LogP contribution in [0.15, 0.2) is 12.3 Å². The number of likely N-dealkylation sites (N-methyl/N-ethyl adjacent to an activating group) is 1. The van der Waals surface area contributed by atoms with Crippen LogP contribution >= 0.6 is 11.6 Å². The van der Waals surface area contributed by atoms with E-state index in [0.717, 1.165) is 6.20 Å². The Labute approximate surface area is 115 Å². The summed E-state index contributed by atoms with van der Waals surface area (Å²) in [5, 5.41) is 13.5. The van der Waals surface area contributed by atoms with Crippen LogP contribution in [0.1, 0.15) is 13.8 Å². The fourth-order valence-electron chi connectivity index (χ4n) is 1.39. The Balaban J connectivity index is 2.83. The van der Waals surface area contributed by atoms with E-state index in [1.807, 2.05) is 6.92 Å². The smallest absolute Gasteiger partial charge is 0.289 e. The molecule has 1 unspecified atom stereocenters. The molecule has 0 aliphatic carbocycles. The van der Waals surface area contributed by atoms with E-state index in [0.29, 0.717) is 6.54 Å². The van der Waals surface area contributed by atoms with Gasteiger partial charge < -0.3 is 10.2 Å². The molecule has 19 heavy (non-hydrogen) atoms. The van der Waals surface area contributed by atoms with Gasteiger partial charge >= 0.3 is 0 Å². The molecule has 1 rings (SSSR count). The molecule has 0 saturated carbocycles. The molecule has 1 heterocycles. The average Bonchev–Trinajstić information content (AvgIpc) is 2.38. The van der Waals surface area contributed by atoms with Crippen LogP contribution in [0.25, 0.3) is 0 Å². The molecule has 0 aliphatic heterocycles. The quantitative estimate of drug-likeness (QED) is 0.660. The summed E-state index contributed by atoms with van der Waals surface area (Å²) in [5.74, 6) is 0.135. The molecule has 0 aromatic carbocycles. The van der Waals surface area contributed by atoms with Gasteiger partial charge in [-0.15, -0.1) is 0 Å². The Bertz CT molecular complexity index is 495. The van der Waals surface area contributed by atoms with Gasteiger partial charge in [0.15, 0.2) is 0 Å². The predicted octanol–water partition coefficient (Wildman–Crippen LogP) is 1.92. The number of anilines is 1. The van der Waals surface area contributed by atoms with E-state index in [4.69, 9.17) is 11.6 Å². The normalized spacial score (nSPS) is 11.8. The minimum Gasteiger partial charge on any atom is -0.357 e. The molecular formula is C11H15ClN4O3. The van der Waals surface area contributed by atoms with E-state index in [-0.39, 0.29) is 22.4 Å². The molecule has 1 amide bonds. The lowest BCUT2D eigenvalue weighted by Gasteiger charge is -2.21. The zero-order valence-electron chi connectivity index (χ0n) is 10.9. The highest BCUT2D eigenvalue weighted by Crippen LogP contribution is 2.24. The number of hydrogen-bond donors (Lipinski definition) is 1. The van der Waals surface area contributed by atoms with Crippen LogP contribution in [0.5, 0.6) is 0 Å². The second kappa shape index (κ2) is 6.33. The zero-order chi connectivity index (χ0) is 14.6. The van der Waals surface area contributed by atoms with Crippen molar-refractivity contribution < 1.29 is 9.72 Å². The lowest BCUT2D eigenvalue weighted by molar-refractivity contribution is -0.385. The number of nitrogens with zero attached hydrogens (tertiary/aromatic N) is 3. The first-order valence-electron chi connectivity index (χ1n) is 5.68. The SMILES string of the molecule is CCN(C)C(=O)C(C)Nc1ncc([N+](=O)[O-])cc1Cl. The summed E-state index contributed by atoms with van der Waals surface area (Å²) in [6.45, 7) is 4.13. The number of aromatic nitrogens is 1. The maximum Gasteiger partial charge on any atom is 0.289 e. The van der Waals surface area contributed by atoms with Crippen LogP contribution in [0.4, 0.5) is 11.5 Å². The lowest BCUT2D eigenvalue weighted by atomic mass is 10.3. The number of hydrogen-bond acceptors (Lipinski definition) is 5. The maximum absolute atomic E-state index is 11.8. The van der Waals surface area contributed by atoms with Gasteiger partial charge in [-0.25, -0.2) is 4.98 Å². The second-order valence-electron chi connectivity index (χ2n) is 4.00. The standard InChI is InChI=1S/C11H15ClN4O3/c1-4-15(3)11(17)7(2)14-10-9(12)5-8(6-13-10)16(18)19/h5-7H,4H2,1-3H3,(H,13,14). The van der Waals surface area contributed by atoms with Crippen molar-refractivity contribution in [1.29, 1.82) is 0 Å². The van der Waals surface area contributed by atoms with Crippen molar-refractivity contribution in [2.24, 2.45) is 0 Å². The third-order valence-corrected chi connectivity index (χ3v) is 2.90. The number of nitro groups is 1. The van der Waals surface area contributed by atoms with E-state index in [1.165, 1.54) is 6.07 Å². The molecule has 8 heteroatoms. The topological polar surface area (TPSA) is 88.4 Å². The van der Waals surface area contributed by atoms with Gasteiger partial charge in [-0.2, -0.15) is 0 Å². The number of carbonyl (C=O) groups excluding carboxylic acids is 1. The molecule has 0 spiro atoms. The molecule has 1 N–H and O–H groups in total. The summed E-state index contributed by atoms with van der Waals surface area (Å²) in [5.41, 5.74) is -0.194. The summed E-state index contributed by atoms with van der Waals surface area (Å²) in [6.07, 6.45) is 1.09. The van der Waals surface area contributed by atoms with Crippen molar-refractivity contribution in [3.8, 4) is 0 Å². The molecule has 0 aliphatic rings. The maximum atomic E-state index is 11.8. The van der Waals surface area contributed by atoms with Gasteiger partial charge in [0.2, 0.25) is 5.91 Å². The van der Waals surface area contributed by atoms with Crippen molar-refractivity contribution in [3.63, 3.8) is 0 Å². The monoisotopic (exact) mass is 286 g/mol. The molecule has 7 nitrogen and oxygen atoms in total. The first-order valence-corrected chi connectivity index (χ1v) is 6.06. The Kier molecular flexibility index (Phi) is 5.05. The minimum absolute atomic E-state index is 0.105. The van der Waals surface area contributed by atoms with Crippen molar-refractivity contribution in [2.75, 3.05) is 18.9 Å². The fourth-order valence-corrected chi connectivity index (χ4v) is 1.60. The number of halogens is 1.